The van der Waals surface area contributed by atoms with Crippen LogP contribution in [0, 0.1) is 17.0 Å². The number of halogens is 1. The summed E-state index contributed by atoms with van der Waals surface area (Å²) in [6, 6.07) is 13.8. The minimum atomic E-state index is -0.548. The van der Waals surface area contributed by atoms with Gasteiger partial charge < -0.3 is 5.32 Å². The van der Waals surface area contributed by atoms with Crippen LogP contribution in [0.5, 0.6) is 0 Å². The molecule has 30 heavy (non-hydrogen) atoms. The molecule has 0 saturated heterocycles. The predicted octanol–water partition coefficient (Wildman–Crippen LogP) is 4.87. The fourth-order valence-electron chi connectivity index (χ4n) is 3.12. The summed E-state index contributed by atoms with van der Waals surface area (Å²) in [5.74, 6) is -0.351. The van der Waals surface area contributed by atoms with Crippen molar-refractivity contribution in [3.8, 4) is 0 Å². The van der Waals surface area contributed by atoms with E-state index in [4.69, 9.17) is 11.6 Å². The molecule has 4 rings (SSSR count). The van der Waals surface area contributed by atoms with Gasteiger partial charge in [-0.15, -0.1) is 10.2 Å². The van der Waals surface area contributed by atoms with E-state index in [9.17, 15) is 14.9 Å². The summed E-state index contributed by atoms with van der Waals surface area (Å²) in [6.07, 6.45) is 0. The molecular formula is C20H16ClN5O3S. The number of aryl methyl sites for hydroxylation is 1. The number of pyridine rings is 1. The second-order valence-electron chi connectivity index (χ2n) is 6.69. The topological polar surface area (TPSA) is 102 Å². The molecule has 2 heterocycles. The van der Waals surface area contributed by atoms with Crippen molar-refractivity contribution in [1.82, 2.24) is 14.6 Å². The fourth-order valence-corrected chi connectivity index (χ4v) is 4.15. The zero-order valence-corrected chi connectivity index (χ0v) is 17.6. The third-order valence-electron chi connectivity index (χ3n) is 4.64. The first kappa shape index (κ1) is 20.1. The Morgan fingerprint density at radius 3 is 2.77 bits per heavy atom. The number of nitro benzene ring substituents is 1. The van der Waals surface area contributed by atoms with Crippen LogP contribution in [-0.4, -0.2) is 30.7 Å². The van der Waals surface area contributed by atoms with Crippen molar-refractivity contribution in [2.75, 3.05) is 5.32 Å². The Morgan fingerprint density at radius 2 is 2.00 bits per heavy atom. The lowest BCUT2D eigenvalue weighted by molar-refractivity contribution is -0.384. The lowest BCUT2D eigenvalue weighted by atomic mass is 10.1. The highest BCUT2D eigenvalue weighted by molar-refractivity contribution is 8.00. The van der Waals surface area contributed by atoms with Crippen LogP contribution in [0.15, 0.2) is 53.7 Å². The quantitative estimate of drug-likeness (QED) is 0.269. The van der Waals surface area contributed by atoms with Crippen LogP contribution in [0.4, 0.5) is 11.4 Å². The number of carbonyl (C=O) groups is 1. The van der Waals surface area contributed by atoms with E-state index in [1.165, 1.54) is 30.0 Å². The summed E-state index contributed by atoms with van der Waals surface area (Å²) in [4.78, 5) is 23.1. The number of hydrogen-bond acceptors (Lipinski definition) is 6. The Morgan fingerprint density at radius 1 is 1.23 bits per heavy atom. The van der Waals surface area contributed by atoms with E-state index in [1.54, 1.807) is 6.92 Å². The molecule has 1 amide bonds. The molecular weight excluding hydrogens is 426 g/mol. The number of amides is 1. The number of thioether (sulfide) groups is 1. The Bertz CT molecular complexity index is 1310. The summed E-state index contributed by atoms with van der Waals surface area (Å²) in [7, 11) is 0. The molecule has 0 aliphatic heterocycles. The maximum absolute atomic E-state index is 12.7. The van der Waals surface area contributed by atoms with Gasteiger partial charge in [0.1, 0.15) is 0 Å². The number of non-ortho nitro benzene ring substituents is 1. The number of nitro groups is 1. The molecule has 8 nitrogen and oxygen atoms in total. The molecule has 2 aromatic heterocycles. The largest absolute Gasteiger partial charge is 0.324 e. The van der Waals surface area contributed by atoms with E-state index < -0.39 is 10.2 Å². The monoisotopic (exact) mass is 441 g/mol. The molecule has 4 aromatic rings. The Labute approximate surface area is 180 Å². The Hall–Kier alpha value is -3.17. The van der Waals surface area contributed by atoms with Crippen LogP contribution < -0.4 is 5.32 Å². The summed E-state index contributed by atoms with van der Waals surface area (Å²) in [5, 5.41) is 23.5. The molecule has 0 fully saturated rings. The number of anilines is 1. The number of benzene rings is 2. The second-order valence-corrected chi connectivity index (χ2v) is 8.41. The number of para-hydroxylation sites is 1. The average molecular weight is 442 g/mol. The first-order valence-electron chi connectivity index (χ1n) is 9.00. The van der Waals surface area contributed by atoms with E-state index >= 15 is 0 Å². The highest BCUT2D eigenvalue weighted by Gasteiger charge is 2.21. The van der Waals surface area contributed by atoms with Crippen LogP contribution in [0.1, 0.15) is 12.5 Å². The molecule has 0 radical (unpaired) electrons. The normalized spacial score (nSPS) is 12.2. The molecule has 1 atom stereocenters. The summed E-state index contributed by atoms with van der Waals surface area (Å²) in [5.41, 5.74) is 2.78. The average Bonchev–Trinajstić information content (AvgIpc) is 3.12. The molecule has 0 unspecified atom stereocenters. The minimum absolute atomic E-state index is 0.153. The number of hydrogen-bond donors (Lipinski definition) is 1. The van der Waals surface area contributed by atoms with Crippen LogP contribution in [-0.2, 0) is 4.79 Å². The van der Waals surface area contributed by atoms with E-state index in [0.29, 0.717) is 10.8 Å². The second kappa shape index (κ2) is 7.92. The van der Waals surface area contributed by atoms with Crippen LogP contribution in [0.25, 0.3) is 16.6 Å². The van der Waals surface area contributed by atoms with Crippen molar-refractivity contribution < 1.29 is 9.72 Å². The van der Waals surface area contributed by atoms with E-state index in [-0.39, 0.29) is 22.3 Å². The lowest BCUT2D eigenvalue weighted by Crippen LogP contribution is -2.23. The molecule has 1 N–H and O–H groups in total. The maximum Gasteiger partial charge on any atom is 0.271 e. The number of fused-ring (bicyclic) bond motifs is 3. The Kier molecular flexibility index (Phi) is 5.31. The van der Waals surface area contributed by atoms with Gasteiger partial charge in [0.15, 0.2) is 10.8 Å². The number of nitrogens with one attached hydrogen (secondary N) is 1. The third kappa shape index (κ3) is 3.69. The van der Waals surface area contributed by atoms with Gasteiger partial charge in [0.2, 0.25) is 5.91 Å². The van der Waals surface area contributed by atoms with Crippen LogP contribution in [0.2, 0.25) is 5.02 Å². The summed E-state index contributed by atoms with van der Waals surface area (Å²) < 4.78 is 1.91. The maximum atomic E-state index is 12.7. The highest BCUT2D eigenvalue weighted by Crippen LogP contribution is 2.30. The first-order chi connectivity index (χ1) is 14.3. The van der Waals surface area contributed by atoms with Crippen molar-refractivity contribution in [3.63, 3.8) is 0 Å². The molecule has 0 saturated carbocycles. The Balaban J connectivity index is 1.62. The fraction of sp³-hybridized carbons (Fsp3) is 0.150. The smallest absolute Gasteiger partial charge is 0.271 e. The van der Waals surface area contributed by atoms with Crippen molar-refractivity contribution in [2.24, 2.45) is 0 Å². The van der Waals surface area contributed by atoms with E-state index in [2.05, 4.69) is 15.5 Å². The van der Waals surface area contributed by atoms with Gasteiger partial charge in [0, 0.05) is 17.5 Å². The van der Waals surface area contributed by atoms with Gasteiger partial charge in [-0.05, 0) is 37.6 Å². The predicted molar refractivity (Wildman–Crippen MR) is 117 cm³/mol. The number of rotatable bonds is 5. The van der Waals surface area contributed by atoms with Gasteiger partial charge in [0.25, 0.3) is 5.69 Å². The zero-order chi connectivity index (χ0) is 21.4. The van der Waals surface area contributed by atoms with E-state index in [1.807, 2.05) is 41.7 Å². The standard InChI is InChI=1S/C20H16ClN5O3S/c1-11-9-18-23-24-20(25(18)17-6-4-3-5-14(11)17)30-12(2)19(27)22-16-10-13(26(28)29)7-8-15(16)21/h3-10,12H,1-2H3,(H,22,27)/t12-/m1/s1. The molecule has 0 bridgehead atoms. The van der Waals surface area contributed by atoms with Crippen LogP contribution >= 0.6 is 23.4 Å². The molecule has 2 aromatic carbocycles. The van der Waals surface area contributed by atoms with E-state index in [0.717, 1.165) is 16.5 Å². The van der Waals surface area contributed by atoms with Crippen molar-refractivity contribution in [2.45, 2.75) is 24.3 Å². The molecule has 0 spiro atoms. The molecule has 0 aliphatic rings. The minimum Gasteiger partial charge on any atom is -0.324 e. The first-order valence-corrected chi connectivity index (χ1v) is 10.3. The lowest BCUT2D eigenvalue weighted by Gasteiger charge is -2.13. The van der Waals surface area contributed by atoms with Crippen molar-refractivity contribution in [3.05, 3.63) is 69.2 Å². The molecule has 10 heteroatoms. The summed E-state index contributed by atoms with van der Waals surface area (Å²) >= 11 is 7.32. The SMILES string of the molecule is Cc1cc2nnc(S[C@H](C)C(=O)Nc3cc([N+](=O)[O-])ccc3Cl)n2c2ccccc12. The summed E-state index contributed by atoms with van der Waals surface area (Å²) in [6.45, 7) is 3.74. The van der Waals surface area contributed by atoms with Gasteiger partial charge >= 0.3 is 0 Å². The van der Waals surface area contributed by atoms with Crippen molar-refractivity contribution >= 4 is 57.2 Å². The van der Waals surface area contributed by atoms with Gasteiger partial charge in [-0.1, -0.05) is 41.6 Å². The zero-order valence-electron chi connectivity index (χ0n) is 16.0. The van der Waals surface area contributed by atoms with Gasteiger partial charge in [-0.2, -0.15) is 0 Å². The third-order valence-corrected chi connectivity index (χ3v) is 6.02. The number of nitrogens with zero attached hydrogens (tertiary/aromatic N) is 4. The van der Waals surface area contributed by atoms with Gasteiger partial charge in [0.05, 0.1) is 26.4 Å². The van der Waals surface area contributed by atoms with Crippen LogP contribution in [0.3, 0.4) is 0 Å². The van der Waals surface area contributed by atoms with Crippen molar-refractivity contribution in [1.29, 1.82) is 0 Å². The highest BCUT2D eigenvalue weighted by atomic mass is 35.5. The molecule has 152 valence electrons. The van der Waals surface area contributed by atoms with Gasteiger partial charge in [-0.25, -0.2) is 0 Å². The number of aromatic nitrogens is 3. The van der Waals surface area contributed by atoms with Gasteiger partial charge in [-0.3, -0.25) is 19.3 Å². The number of carbonyl (C=O) groups excluding carboxylic acids is 1. The molecule has 0 aliphatic carbocycles.